The number of halogens is 1. The lowest BCUT2D eigenvalue weighted by molar-refractivity contribution is 0.245. The number of nitrogens with zero attached hydrogens (tertiary/aromatic N) is 2. The number of aromatic amines is 1. The second-order valence-electron chi connectivity index (χ2n) is 5.70. The smallest absolute Gasteiger partial charge is 0.262 e. The zero-order valence-corrected chi connectivity index (χ0v) is 13.8. The summed E-state index contributed by atoms with van der Waals surface area (Å²) in [4.78, 5) is 0. The predicted molar refractivity (Wildman–Crippen MR) is 79.3 cm³/mol. The van der Waals surface area contributed by atoms with Crippen molar-refractivity contribution < 1.29 is 8.42 Å². The molecule has 20 heavy (non-hydrogen) atoms. The normalized spacial score (nSPS) is 24.2. The molecule has 1 saturated carbocycles. The predicted octanol–water partition coefficient (Wildman–Crippen LogP) is 2.66. The van der Waals surface area contributed by atoms with Crippen LogP contribution in [-0.4, -0.2) is 36.0 Å². The van der Waals surface area contributed by atoms with Gasteiger partial charge >= 0.3 is 0 Å². The molecule has 1 aliphatic rings. The molecule has 1 aliphatic carbocycles. The van der Waals surface area contributed by atoms with Gasteiger partial charge in [-0.1, -0.05) is 6.92 Å². The SMILES string of the molecule is Cc1[nH]nc(S(=O)(=O)N(C)C2CCC(C)CC2)c1CCl. The Hall–Kier alpha value is -0.590. The highest BCUT2D eigenvalue weighted by atomic mass is 35.5. The van der Waals surface area contributed by atoms with E-state index in [2.05, 4.69) is 17.1 Å². The molecule has 0 saturated heterocycles. The van der Waals surface area contributed by atoms with Gasteiger partial charge in [0.15, 0.2) is 5.03 Å². The van der Waals surface area contributed by atoms with Gasteiger partial charge in [0.1, 0.15) is 0 Å². The van der Waals surface area contributed by atoms with Crippen LogP contribution in [0.1, 0.15) is 43.9 Å². The molecular weight excluding hydrogens is 298 g/mol. The average molecular weight is 320 g/mol. The van der Waals surface area contributed by atoms with E-state index in [0.717, 1.165) is 25.7 Å². The highest BCUT2D eigenvalue weighted by Crippen LogP contribution is 2.30. The molecule has 0 aromatic carbocycles. The number of nitrogens with one attached hydrogen (secondary N) is 1. The van der Waals surface area contributed by atoms with E-state index < -0.39 is 10.0 Å². The molecule has 0 radical (unpaired) electrons. The van der Waals surface area contributed by atoms with Gasteiger partial charge < -0.3 is 0 Å². The minimum atomic E-state index is -3.57. The summed E-state index contributed by atoms with van der Waals surface area (Å²) in [6, 6.07) is 0.0661. The first-order valence-corrected chi connectivity index (χ1v) is 8.93. The van der Waals surface area contributed by atoms with Gasteiger partial charge in [-0.2, -0.15) is 9.40 Å². The number of aromatic nitrogens is 2. The first-order valence-electron chi connectivity index (χ1n) is 6.95. The number of H-pyrrole nitrogens is 1. The van der Waals surface area contributed by atoms with Gasteiger partial charge in [-0.05, 0) is 38.5 Å². The highest BCUT2D eigenvalue weighted by molar-refractivity contribution is 7.89. The third-order valence-corrected chi connectivity index (χ3v) is 6.44. The van der Waals surface area contributed by atoms with Crippen molar-refractivity contribution in [1.29, 1.82) is 0 Å². The third kappa shape index (κ3) is 2.87. The van der Waals surface area contributed by atoms with Crippen molar-refractivity contribution in [3.63, 3.8) is 0 Å². The largest absolute Gasteiger partial charge is 0.281 e. The molecule has 0 aliphatic heterocycles. The number of aryl methyl sites for hydroxylation is 1. The maximum absolute atomic E-state index is 12.7. The summed E-state index contributed by atoms with van der Waals surface area (Å²) < 4.78 is 26.9. The number of rotatable bonds is 4. The summed E-state index contributed by atoms with van der Waals surface area (Å²) in [5.41, 5.74) is 1.28. The Bertz CT molecular complexity index is 562. The van der Waals surface area contributed by atoms with Crippen LogP contribution in [0.3, 0.4) is 0 Å². The summed E-state index contributed by atoms with van der Waals surface area (Å²) in [5, 5.41) is 6.74. The van der Waals surface area contributed by atoms with Crippen molar-refractivity contribution >= 4 is 21.6 Å². The summed E-state index contributed by atoms with van der Waals surface area (Å²) in [5.74, 6) is 0.834. The Balaban J connectivity index is 2.25. The average Bonchev–Trinajstić information content (AvgIpc) is 2.80. The van der Waals surface area contributed by atoms with E-state index in [0.29, 0.717) is 17.2 Å². The van der Waals surface area contributed by atoms with Crippen LogP contribution in [-0.2, 0) is 15.9 Å². The standard InChI is InChI=1S/C13H22ClN3O2S/c1-9-4-6-11(7-5-9)17(3)20(18,19)13-12(8-14)10(2)15-16-13/h9,11H,4-8H2,1-3H3,(H,15,16). The molecule has 0 bridgehead atoms. The van der Waals surface area contributed by atoms with Crippen LogP contribution in [0.4, 0.5) is 0 Å². The fraction of sp³-hybridized carbons (Fsp3) is 0.769. The van der Waals surface area contributed by atoms with Gasteiger partial charge in [0.2, 0.25) is 0 Å². The zero-order chi connectivity index (χ0) is 14.9. The summed E-state index contributed by atoms with van der Waals surface area (Å²) in [6.07, 6.45) is 3.98. The molecule has 1 heterocycles. The van der Waals surface area contributed by atoms with Crippen LogP contribution in [0.2, 0.25) is 0 Å². The first-order chi connectivity index (χ1) is 9.37. The van der Waals surface area contributed by atoms with Gasteiger partial charge in [0, 0.05) is 24.3 Å². The number of alkyl halides is 1. The fourth-order valence-electron chi connectivity index (χ4n) is 2.74. The van der Waals surface area contributed by atoms with Gasteiger partial charge in [0.05, 0.1) is 5.88 Å². The lowest BCUT2D eigenvalue weighted by Gasteiger charge is -2.32. The topological polar surface area (TPSA) is 66.1 Å². The Morgan fingerprint density at radius 2 is 1.95 bits per heavy atom. The molecule has 2 rings (SSSR count). The van der Waals surface area contributed by atoms with Crippen molar-refractivity contribution in [2.45, 2.75) is 56.5 Å². The maximum Gasteiger partial charge on any atom is 0.262 e. The molecule has 1 fully saturated rings. The van der Waals surface area contributed by atoms with Crippen LogP contribution in [0.5, 0.6) is 0 Å². The molecule has 1 aromatic heterocycles. The lowest BCUT2D eigenvalue weighted by atomic mass is 9.87. The van der Waals surface area contributed by atoms with Crippen molar-refractivity contribution in [1.82, 2.24) is 14.5 Å². The van der Waals surface area contributed by atoms with Crippen molar-refractivity contribution in [2.24, 2.45) is 5.92 Å². The first kappa shape index (κ1) is 15.8. The van der Waals surface area contributed by atoms with E-state index in [1.165, 1.54) is 4.31 Å². The monoisotopic (exact) mass is 319 g/mol. The molecular formula is C13H22ClN3O2S. The molecule has 1 N–H and O–H groups in total. The second-order valence-corrected chi connectivity index (χ2v) is 7.88. The molecule has 0 amide bonds. The molecule has 7 heteroatoms. The van der Waals surface area contributed by atoms with E-state index >= 15 is 0 Å². The Morgan fingerprint density at radius 3 is 2.50 bits per heavy atom. The number of hydrogen-bond donors (Lipinski definition) is 1. The van der Waals surface area contributed by atoms with Crippen LogP contribution in [0.25, 0.3) is 0 Å². The second kappa shape index (κ2) is 6.03. The van der Waals surface area contributed by atoms with Crippen molar-refractivity contribution in [3.05, 3.63) is 11.3 Å². The van der Waals surface area contributed by atoms with Crippen LogP contribution in [0, 0.1) is 12.8 Å². The van der Waals surface area contributed by atoms with E-state index in [-0.39, 0.29) is 16.9 Å². The zero-order valence-electron chi connectivity index (χ0n) is 12.2. The third-order valence-electron chi connectivity index (χ3n) is 4.29. The minimum absolute atomic E-state index is 0.0661. The van der Waals surface area contributed by atoms with Crippen molar-refractivity contribution in [2.75, 3.05) is 7.05 Å². The van der Waals surface area contributed by atoms with E-state index in [1.807, 2.05) is 0 Å². The Morgan fingerprint density at radius 1 is 1.35 bits per heavy atom. The van der Waals surface area contributed by atoms with Crippen LogP contribution >= 0.6 is 11.6 Å². The summed E-state index contributed by atoms with van der Waals surface area (Å²) in [6.45, 7) is 4.00. The number of sulfonamides is 1. The molecule has 0 unspecified atom stereocenters. The van der Waals surface area contributed by atoms with E-state index in [1.54, 1.807) is 14.0 Å². The quantitative estimate of drug-likeness (QED) is 0.868. The van der Waals surface area contributed by atoms with Gasteiger partial charge in [-0.25, -0.2) is 8.42 Å². The summed E-state index contributed by atoms with van der Waals surface area (Å²) >= 11 is 5.85. The van der Waals surface area contributed by atoms with Gasteiger partial charge in [0.25, 0.3) is 10.0 Å². The Labute approximate surface area is 125 Å². The Kier molecular flexibility index (Phi) is 4.76. The van der Waals surface area contributed by atoms with Crippen molar-refractivity contribution in [3.8, 4) is 0 Å². The molecule has 5 nitrogen and oxygen atoms in total. The maximum atomic E-state index is 12.7. The lowest BCUT2D eigenvalue weighted by Crippen LogP contribution is -2.39. The molecule has 114 valence electrons. The van der Waals surface area contributed by atoms with Gasteiger partial charge in [-0.15, -0.1) is 11.6 Å². The minimum Gasteiger partial charge on any atom is -0.281 e. The van der Waals surface area contributed by atoms with Crippen LogP contribution in [0.15, 0.2) is 5.03 Å². The van der Waals surface area contributed by atoms with Gasteiger partial charge in [-0.3, -0.25) is 5.10 Å². The fourth-order valence-corrected chi connectivity index (χ4v) is 4.72. The molecule has 0 atom stereocenters. The van der Waals surface area contributed by atoms with E-state index in [4.69, 9.17) is 11.6 Å². The van der Waals surface area contributed by atoms with E-state index in [9.17, 15) is 8.42 Å². The summed E-state index contributed by atoms with van der Waals surface area (Å²) in [7, 11) is -1.92. The molecule has 0 spiro atoms. The highest BCUT2D eigenvalue weighted by Gasteiger charge is 2.33. The number of hydrogen-bond acceptors (Lipinski definition) is 3. The van der Waals surface area contributed by atoms with Crippen LogP contribution < -0.4 is 0 Å². The molecule has 1 aromatic rings.